The Morgan fingerprint density at radius 2 is 2.17 bits per heavy atom. The van der Waals surface area contributed by atoms with Gasteiger partial charge in [-0.15, -0.1) is 0 Å². The first kappa shape index (κ1) is 13.1. The molecule has 2 aliphatic heterocycles. The first-order valence-electron chi connectivity index (χ1n) is 6.57. The molecule has 0 spiro atoms. The van der Waals surface area contributed by atoms with Crippen LogP contribution in [0.15, 0.2) is 0 Å². The molecule has 0 aromatic carbocycles. The number of aliphatic carboxylic acids is 1. The molecule has 6 heteroatoms. The molecule has 0 aromatic rings. The lowest BCUT2D eigenvalue weighted by atomic mass is 10.2. The molecule has 2 atom stereocenters. The van der Waals surface area contributed by atoms with Crippen LogP contribution in [-0.2, 0) is 9.53 Å². The second kappa shape index (κ2) is 6.04. The molecule has 0 saturated carbocycles. The van der Waals surface area contributed by atoms with Gasteiger partial charge in [-0.25, -0.2) is 9.59 Å². The van der Waals surface area contributed by atoms with E-state index >= 15 is 0 Å². The van der Waals surface area contributed by atoms with Crippen molar-refractivity contribution in [2.24, 2.45) is 0 Å². The van der Waals surface area contributed by atoms with Crippen LogP contribution < -0.4 is 5.32 Å². The predicted molar refractivity (Wildman–Crippen MR) is 64.4 cm³/mol. The van der Waals surface area contributed by atoms with Gasteiger partial charge in [-0.05, 0) is 32.1 Å². The molecule has 0 aromatic heterocycles. The third-order valence-electron chi connectivity index (χ3n) is 3.57. The first-order valence-corrected chi connectivity index (χ1v) is 6.57. The molecule has 1 unspecified atom stereocenters. The number of nitrogens with one attached hydrogen (secondary N) is 1. The minimum atomic E-state index is -0.915. The number of carboxylic acid groups (broad SMARTS) is 1. The lowest BCUT2D eigenvalue weighted by Gasteiger charge is -2.22. The smallest absolute Gasteiger partial charge is 0.326 e. The van der Waals surface area contributed by atoms with Gasteiger partial charge in [0.15, 0.2) is 0 Å². The summed E-state index contributed by atoms with van der Waals surface area (Å²) in [5.41, 5.74) is 0. The summed E-state index contributed by atoms with van der Waals surface area (Å²) < 4.78 is 5.46. The maximum atomic E-state index is 11.8. The number of urea groups is 1. The molecule has 0 aliphatic carbocycles. The van der Waals surface area contributed by atoms with E-state index in [0.717, 1.165) is 32.3 Å². The molecule has 0 bridgehead atoms. The zero-order valence-corrected chi connectivity index (χ0v) is 10.4. The van der Waals surface area contributed by atoms with E-state index in [-0.39, 0.29) is 12.1 Å². The van der Waals surface area contributed by atoms with E-state index in [0.29, 0.717) is 19.5 Å². The number of hydrogen-bond donors (Lipinski definition) is 2. The Hall–Kier alpha value is -1.30. The van der Waals surface area contributed by atoms with Crippen LogP contribution in [0.5, 0.6) is 0 Å². The lowest BCUT2D eigenvalue weighted by Crippen LogP contribution is -2.46. The standard InChI is InChI=1S/C12H20N2O4/c15-11(16)10-4-1-7-14(10)12(17)13-6-5-9-3-2-8-18-9/h9-10H,1-8H2,(H,13,17)(H,15,16)/t9?,10-/m0/s1. The highest BCUT2D eigenvalue weighted by Gasteiger charge is 2.33. The highest BCUT2D eigenvalue weighted by Crippen LogP contribution is 2.18. The highest BCUT2D eigenvalue weighted by atomic mass is 16.5. The SMILES string of the molecule is O=C(O)[C@@H]1CCCN1C(=O)NCCC1CCCO1. The zero-order chi connectivity index (χ0) is 13.0. The van der Waals surface area contributed by atoms with Gasteiger partial charge in [0.2, 0.25) is 0 Å². The Balaban J connectivity index is 1.71. The Bertz CT molecular complexity index is 315. The number of rotatable bonds is 4. The Kier molecular flexibility index (Phi) is 4.41. The maximum Gasteiger partial charge on any atom is 0.326 e. The number of hydrogen-bond acceptors (Lipinski definition) is 3. The third-order valence-corrected chi connectivity index (χ3v) is 3.57. The Morgan fingerprint density at radius 1 is 1.33 bits per heavy atom. The molecule has 6 nitrogen and oxygen atoms in total. The normalized spacial score (nSPS) is 27.4. The van der Waals surface area contributed by atoms with Gasteiger partial charge >= 0.3 is 12.0 Å². The van der Waals surface area contributed by atoms with Gasteiger partial charge in [-0.3, -0.25) is 0 Å². The van der Waals surface area contributed by atoms with Crippen molar-refractivity contribution in [2.45, 2.75) is 44.2 Å². The van der Waals surface area contributed by atoms with E-state index in [1.165, 1.54) is 4.90 Å². The minimum absolute atomic E-state index is 0.249. The van der Waals surface area contributed by atoms with E-state index < -0.39 is 12.0 Å². The fourth-order valence-electron chi connectivity index (χ4n) is 2.58. The quantitative estimate of drug-likeness (QED) is 0.780. The molecule has 2 fully saturated rings. The van der Waals surface area contributed by atoms with Gasteiger partial charge in [-0.1, -0.05) is 0 Å². The summed E-state index contributed by atoms with van der Waals surface area (Å²) in [6.07, 6.45) is 4.50. The van der Waals surface area contributed by atoms with Crippen molar-refractivity contribution >= 4 is 12.0 Å². The Labute approximate surface area is 106 Å². The monoisotopic (exact) mass is 256 g/mol. The largest absolute Gasteiger partial charge is 0.480 e. The fourth-order valence-corrected chi connectivity index (χ4v) is 2.58. The van der Waals surface area contributed by atoms with Crippen LogP contribution in [0.3, 0.4) is 0 Å². The average molecular weight is 256 g/mol. The van der Waals surface area contributed by atoms with Crippen LogP contribution in [0.2, 0.25) is 0 Å². The van der Waals surface area contributed by atoms with Crippen molar-refractivity contribution < 1.29 is 19.4 Å². The van der Waals surface area contributed by atoms with E-state index in [1.54, 1.807) is 0 Å². The van der Waals surface area contributed by atoms with Crippen molar-refractivity contribution in [1.82, 2.24) is 10.2 Å². The average Bonchev–Trinajstić information content (AvgIpc) is 2.99. The summed E-state index contributed by atoms with van der Waals surface area (Å²) in [7, 11) is 0. The molecule has 2 rings (SSSR count). The molecule has 2 aliphatic rings. The van der Waals surface area contributed by atoms with Crippen LogP contribution in [-0.4, -0.2) is 53.8 Å². The summed E-state index contributed by atoms with van der Waals surface area (Å²) in [5, 5.41) is 11.8. The van der Waals surface area contributed by atoms with E-state index in [2.05, 4.69) is 5.32 Å². The number of carbonyl (C=O) groups is 2. The summed E-state index contributed by atoms with van der Waals surface area (Å²) in [6, 6.07) is -0.925. The van der Waals surface area contributed by atoms with Crippen molar-refractivity contribution in [2.75, 3.05) is 19.7 Å². The van der Waals surface area contributed by atoms with Crippen LogP contribution in [0.4, 0.5) is 4.79 Å². The summed E-state index contributed by atoms with van der Waals surface area (Å²) in [4.78, 5) is 24.2. The second-order valence-corrected chi connectivity index (χ2v) is 4.85. The van der Waals surface area contributed by atoms with Gasteiger partial charge in [0.05, 0.1) is 6.10 Å². The van der Waals surface area contributed by atoms with Crippen LogP contribution in [0.25, 0.3) is 0 Å². The Morgan fingerprint density at radius 3 is 2.83 bits per heavy atom. The van der Waals surface area contributed by atoms with Gasteiger partial charge in [0, 0.05) is 19.7 Å². The van der Waals surface area contributed by atoms with E-state index in [4.69, 9.17) is 9.84 Å². The minimum Gasteiger partial charge on any atom is -0.480 e. The molecule has 102 valence electrons. The molecule has 0 radical (unpaired) electrons. The zero-order valence-electron chi connectivity index (χ0n) is 10.4. The van der Waals surface area contributed by atoms with E-state index in [9.17, 15) is 9.59 Å². The number of amides is 2. The molecule has 2 heterocycles. The summed E-state index contributed by atoms with van der Waals surface area (Å²) >= 11 is 0. The predicted octanol–water partition coefficient (Wildman–Crippen LogP) is 0.814. The summed E-state index contributed by atoms with van der Waals surface area (Å²) in [6.45, 7) is 1.89. The van der Waals surface area contributed by atoms with Crippen molar-refractivity contribution in [3.8, 4) is 0 Å². The number of nitrogens with zero attached hydrogens (tertiary/aromatic N) is 1. The molecular formula is C12H20N2O4. The fraction of sp³-hybridized carbons (Fsp3) is 0.833. The molecule has 18 heavy (non-hydrogen) atoms. The topological polar surface area (TPSA) is 78.9 Å². The van der Waals surface area contributed by atoms with Crippen LogP contribution >= 0.6 is 0 Å². The van der Waals surface area contributed by atoms with E-state index in [1.807, 2.05) is 0 Å². The third kappa shape index (κ3) is 3.13. The number of likely N-dealkylation sites (tertiary alicyclic amines) is 1. The second-order valence-electron chi connectivity index (χ2n) is 4.85. The first-order chi connectivity index (χ1) is 8.68. The maximum absolute atomic E-state index is 11.8. The van der Waals surface area contributed by atoms with Crippen molar-refractivity contribution in [3.05, 3.63) is 0 Å². The van der Waals surface area contributed by atoms with Gasteiger partial charge in [-0.2, -0.15) is 0 Å². The van der Waals surface area contributed by atoms with Gasteiger partial charge in [0.1, 0.15) is 6.04 Å². The van der Waals surface area contributed by atoms with Gasteiger partial charge in [0.25, 0.3) is 0 Å². The highest BCUT2D eigenvalue weighted by molar-refractivity contribution is 5.83. The molecular weight excluding hydrogens is 236 g/mol. The summed E-state index contributed by atoms with van der Waals surface area (Å²) in [5.74, 6) is -0.915. The van der Waals surface area contributed by atoms with Crippen LogP contribution in [0, 0.1) is 0 Å². The lowest BCUT2D eigenvalue weighted by molar-refractivity contribution is -0.141. The van der Waals surface area contributed by atoms with Crippen molar-refractivity contribution in [3.63, 3.8) is 0 Å². The number of carboxylic acids is 1. The van der Waals surface area contributed by atoms with Crippen molar-refractivity contribution in [1.29, 1.82) is 0 Å². The molecule has 2 N–H and O–H groups in total. The molecule has 2 amide bonds. The number of ether oxygens (including phenoxy) is 1. The van der Waals surface area contributed by atoms with Crippen LogP contribution in [0.1, 0.15) is 32.1 Å². The van der Waals surface area contributed by atoms with Gasteiger partial charge < -0.3 is 20.1 Å². The number of carbonyl (C=O) groups excluding carboxylic acids is 1. The molecule has 2 saturated heterocycles.